The summed E-state index contributed by atoms with van der Waals surface area (Å²) < 4.78 is 11.0. The zero-order valence-electron chi connectivity index (χ0n) is 18.0. The van der Waals surface area contributed by atoms with Crippen LogP contribution in [0.15, 0.2) is 48.5 Å². The summed E-state index contributed by atoms with van der Waals surface area (Å²) in [7, 11) is 1.68. The van der Waals surface area contributed by atoms with Gasteiger partial charge in [-0.1, -0.05) is 19.1 Å². The summed E-state index contributed by atoms with van der Waals surface area (Å²) in [6.07, 6.45) is 0.473. The average molecular weight is 411 g/mol. The van der Waals surface area contributed by atoms with Crippen LogP contribution in [0.1, 0.15) is 42.2 Å². The van der Waals surface area contributed by atoms with E-state index >= 15 is 0 Å². The summed E-state index contributed by atoms with van der Waals surface area (Å²) in [5, 5.41) is 0. The van der Waals surface area contributed by atoms with Crippen molar-refractivity contribution in [1.29, 1.82) is 0 Å². The fraction of sp³-hybridized carbons (Fsp3) is 0.417. The van der Waals surface area contributed by atoms with Gasteiger partial charge in [0.2, 0.25) is 0 Å². The summed E-state index contributed by atoms with van der Waals surface area (Å²) in [5.74, 6) is 1.54. The first kappa shape index (κ1) is 21.8. The van der Waals surface area contributed by atoms with Crippen molar-refractivity contribution >= 4 is 11.7 Å². The second kappa shape index (κ2) is 10.3. The molecule has 0 aliphatic carbocycles. The number of rotatable bonds is 8. The summed E-state index contributed by atoms with van der Waals surface area (Å²) >= 11 is 0. The van der Waals surface area contributed by atoms with E-state index in [1.807, 2.05) is 24.0 Å². The van der Waals surface area contributed by atoms with Crippen LogP contribution in [0, 0.1) is 0 Å². The molecule has 0 N–H and O–H groups in total. The second-order valence-electron chi connectivity index (χ2n) is 7.46. The van der Waals surface area contributed by atoms with Crippen molar-refractivity contribution < 1.29 is 19.1 Å². The minimum Gasteiger partial charge on any atom is -0.497 e. The molecule has 160 valence electrons. The van der Waals surface area contributed by atoms with E-state index in [9.17, 15) is 9.59 Å². The molecule has 0 spiro atoms. The van der Waals surface area contributed by atoms with Crippen molar-refractivity contribution in [2.24, 2.45) is 0 Å². The SMILES string of the molecule is CCC(=O)c1ccc(OCC(=O)N2CCN(C(C)c3cccc(OC)c3)CC2)cc1. The van der Waals surface area contributed by atoms with E-state index in [1.54, 1.807) is 31.4 Å². The van der Waals surface area contributed by atoms with E-state index in [-0.39, 0.29) is 24.3 Å². The maximum atomic E-state index is 12.5. The molecule has 3 rings (SSSR count). The first-order chi connectivity index (χ1) is 14.5. The van der Waals surface area contributed by atoms with Crippen LogP contribution < -0.4 is 9.47 Å². The van der Waals surface area contributed by atoms with E-state index in [0.717, 1.165) is 18.8 Å². The van der Waals surface area contributed by atoms with E-state index in [1.165, 1.54) is 5.56 Å². The highest BCUT2D eigenvalue weighted by Gasteiger charge is 2.25. The molecule has 30 heavy (non-hydrogen) atoms. The predicted octanol–water partition coefficient (Wildman–Crippen LogP) is 3.57. The Hall–Kier alpha value is -2.86. The van der Waals surface area contributed by atoms with E-state index in [4.69, 9.17) is 9.47 Å². The zero-order chi connectivity index (χ0) is 21.5. The topological polar surface area (TPSA) is 59.1 Å². The quantitative estimate of drug-likeness (QED) is 0.623. The third-order valence-corrected chi connectivity index (χ3v) is 5.65. The normalized spacial score (nSPS) is 15.5. The number of amides is 1. The number of carbonyl (C=O) groups is 2. The average Bonchev–Trinajstić information content (AvgIpc) is 2.82. The van der Waals surface area contributed by atoms with Gasteiger partial charge in [0.15, 0.2) is 12.4 Å². The standard InChI is InChI=1S/C24H30N2O4/c1-4-23(27)19-8-10-21(11-9-19)30-17-24(28)26-14-12-25(13-15-26)18(2)20-6-5-7-22(16-20)29-3/h5-11,16,18H,4,12-15,17H2,1-3H3. The molecule has 1 aliphatic heterocycles. The highest BCUT2D eigenvalue weighted by atomic mass is 16.5. The van der Waals surface area contributed by atoms with Crippen molar-refractivity contribution in [3.05, 3.63) is 59.7 Å². The van der Waals surface area contributed by atoms with Gasteiger partial charge in [0.1, 0.15) is 11.5 Å². The fourth-order valence-corrected chi connectivity index (χ4v) is 3.65. The number of benzene rings is 2. The van der Waals surface area contributed by atoms with E-state index < -0.39 is 0 Å². The zero-order valence-corrected chi connectivity index (χ0v) is 18.0. The molecular formula is C24H30N2O4. The molecule has 0 radical (unpaired) electrons. The van der Waals surface area contributed by atoms with Crippen molar-refractivity contribution in [2.45, 2.75) is 26.3 Å². The molecule has 1 atom stereocenters. The van der Waals surface area contributed by atoms with Gasteiger partial charge in [0.05, 0.1) is 7.11 Å². The largest absolute Gasteiger partial charge is 0.497 e. The predicted molar refractivity (Wildman–Crippen MR) is 116 cm³/mol. The Morgan fingerprint density at radius 3 is 2.33 bits per heavy atom. The number of Topliss-reactive ketones (excluding diaryl/α,β-unsaturated/α-hetero) is 1. The number of ketones is 1. The lowest BCUT2D eigenvalue weighted by Gasteiger charge is -2.38. The maximum absolute atomic E-state index is 12.5. The number of hydrogen-bond donors (Lipinski definition) is 0. The van der Waals surface area contributed by atoms with Crippen LogP contribution in [0.4, 0.5) is 0 Å². The molecule has 0 saturated carbocycles. The van der Waals surface area contributed by atoms with Crippen LogP contribution >= 0.6 is 0 Å². The third-order valence-electron chi connectivity index (χ3n) is 5.65. The molecular weight excluding hydrogens is 380 g/mol. The van der Waals surface area contributed by atoms with Gasteiger partial charge in [0, 0.05) is 44.2 Å². The van der Waals surface area contributed by atoms with Crippen LogP contribution in [0.5, 0.6) is 11.5 Å². The Morgan fingerprint density at radius 2 is 1.70 bits per heavy atom. The maximum Gasteiger partial charge on any atom is 0.260 e. The molecule has 6 heteroatoms. The Labute approximate surface area is 178 Å². The van der Waals surface area contributed by atoms with Crippen molar-refractivity contribution in [1.82, 2.24) is 9.80 Å². The summed E-state index contributed by atoms with van der Waals surface area (Å²) in [6.45, 7) is 7.02. The molecule has 1 unspecified atom stereocenters. The van der Waals surface area contributed by atoms with Gasteiger partial charge in [-0.25, -0.2) is 0 Å². The smallest absolute Gasteiger partial charge is 0.260 e. The number of piperazine rings is 1. The Bertz CT molecular complexity index is 858. The van der Waals surface area contributed by atoms with Gasteiger partial charge in [-0.05, 0) is 48.9 Å². The highest BCUT2D eigenvalue weighted by molar-refractivity contribution is 5.95. The molecule has 1 fully saturated rings. The molecule has 1 heterocycles. The Kier molecular flexibility index (Phi) is 7.46. The number of carbonyl (C=O) groups excluding carboxylic acids is 2. The number of ether oxygens (including phenoxy) is 2. The lowest BCUT2D eigenvalue weighted by molar-refractivity contribution is -0.135. The van der Waals surface area contributed by atoms with Crippen molar-refractivity contribution in [3.63, 3.8) is 0 Å². The molecule has 0 aromatic heterocycles. The molecule has 6 nitrogen and oxygen atoms in total. The lowest BCUT2D eigenvalue weighted by Crippen LogP contribution is -2.50. The van der Waals surface area contributed by atoms with Crippen molar-refractivity contribution in [2.75, 3.05) is 39.9 Å². The highest BCUT2D eigenvalue weighted by Crippen LogP contribution is 2.25. The Morgan fingerprint density at radius 1 is 1.00 bits per heavy atom. The minimum atomic E-state index is -0.0163. The Balaban J connectivity index is 1.47. The molecule has 1 aliphatic rings. The van der Waals surface area contributed by atoms with Crippen molar-refractivity contribution in [3.8, 4) is 11.5 Å². The van der Waals surface area contributed by atoms with Crippen LogP contribution in [0.25, 0.3) is 0 Å². The van der Waals surface area contributed by atoms with Crippen LogP contribution in [-0.2, 0) is 4.79 Å². The van der Waals surface area contributed by atoms with Crippen LogP contribution in [-0.4, -0.2) is 61.4 Å². The van der Waals surface area contributed by atoms with Gasteiger partial charge < -0.3 is 14.4 Å². The minimum absolute atomic E-state index is 0.00646. The summed E-state index contributed by atoms with van der Waals surface area (Å²) in [5.41, 5.74) is 1.87. The first-order valence-corrected chi connectivity index (χ1v) is 10.4. The molecule has 1 saturated heterocycles. The molecule has 2 aromatic carbocycles. The van der Waals surface area contributed by atoms with Gasteiger partial charge in [-0.3, -0.25) is 14.5 Å². The summed E-state index contributed by atoms with van der Waals surface area (Å²) in [6, 6.07) is 15.3. The number of hydrogen-bond acceptors (Lipinski definition) is 5. The fourth-order valence-electron chi connectivity index (χ4n) is 3.65. The van der Waals surface area contributed by atoms with E-state index in [2.05, 4.69) is 24.0 Å². The number of nitrogens with zero attached hydrogens (tertiary/aromatic N) is 2. The molecule has 1 amide bonds. The monoisotopic (exact) mass is 410 g/mol. The van der Waals surface area contributed by atoms with E-state index in [0.29, 0.717) is 30.8 Å². The van der Waals surface area contributed by atoms with Gasteiger partial charge in [-0.15, -0.1) is 0 Å². The van der Waals surface area contributed by atoms with Gasteiger partial charge >= 0.3 is 0 Å². The van der Waals surface area contributed by atoms with Gasteiger partial charge in [-0.2, -0.15) is 0 Å². The molecule has 2 aromatic rings. The third kappa shape index (κ3) is 5.39. The van der Waals surface area contributed by atoms with Gasteiger partial charge in [0.25, 0.3) is 5.91 Å². The lowest BCUT2D eigenvalue weighted by atomic mass is 10.1. The van der Waals surface area contributed by atoms with Crippen LogP contribution in [0.2, 0.25) is 0 Å². The number of methoxy groups -OCH3 is 1. The first-order valence-electron chi connectivity index (χ1n) is 10.4. The second-order valence-corrected chi connectivity index (χ2v) is 7.46. The summed E-state index contributed by atoms with van der Waals surface area (Å²) in [4.78, 5) is 28.4. The molecule has 0 bridgehead atoms. The van der Waals surface area contributed by atoms with Crippen LogP contribution in [0.3, 0.4) is 0 Å².